The first kappa shape index (κ1) is 16.0. The molecule has 2 aromatic carbocycles. The molecule has 4 heteroatoms. The summed E-state index contributed by atoms with van der Waals surface area (Å²) in [6.07, 6.45) is 0.830. The Hall–Kier alpha value is -2.88. The molecule has 1 heterocycles. The van der Waals surface area contributed by atoms with E-state index in [1.165, 1.54) is 5.57 Å². The SMILES string of the molecule is CC1=C(COc2cccc(CC(=O)O)c2)N=C(c2ccccc2)C1. The van der Waals surface area contributed by atoms with E-state index in [0.29, 0.717) is 12.4 Å². The molecular weight excluding hydrogens is 302 g/mol. The predicted molar refractivity (Wildman–Crippen MR) is 93.6 cm³/mol. The fraction of sp³-hybridized carbons (Fsp3) is 0.200. The van der Waals surface area contributed by atoms with Gasteiger partial charge in [0, 0.05) is 6.42 Å². The molecule has 2 aromatic rings. The lowest BCUT2D eigenvalue weighted by Gasteiger charge is -2.07. The van der Waals surface area contributed by atoms with Gasteiger partial charge in [-0.25, -0.2) is 0 Å². The molecule has 4 nitrogen and oxygen atoms in total. The van der Waals surface area contributed by atoms with Crippen molar-refractivity contribution in [3.63, 3.8) is 0 Å². The molecule has 0 saturated carbocycles. The number of hydrogen-bond acceptors (Lipinski definition) is 3. The largest absolute Gasteiger partial charge is 0.487 e. The molecule has 1 aliphatic rings. The highest BCUT2D eigenvalue weighted by Gasteiger charge is 2.16. The van der Waals surface area contributed by atoms with Crippen molar-refractivity contribution in [2.75, 3.05) is 6.61 Å². The minimum Gasteiger partial charge on any atom is -0.487 e. The summed E-state index contributed by atoms with van der Waals surface area (Å²) in [5, 5.41) is 8.87. The second kappa shape index (κ2) is 7.13. The molecule has 122 valence electrons. The van der Waals surface area contributed by atoms with Crippen LogP contribution in [-0.2, 0) is 11.2 Å². The van der Waals surface area contributed by atoms with Crippen LogP contribution in [0, 0.1) is 0 Å². The lowest BCUT2D eigenvalue weighted by molar-refractivity contribution is -0.136. The number of aliphatic carboxylic acids is 1. The Morgan fingerprint density at radius 1 is 1.17 bits per heavy atom. The summed E-state index contributed by atoms with van der Waals surface area (Å²) < 4.78 is 5.81. The number of allylic oxidation sites excluding steroid dienone is 1. The van der Waals surface area contributed by atoms with Gasteiger partial charge in [0.1, 0.15) is 12.4 Å². The van der Waals surface area contributed by atoms with Gasteiger partial charge in [-0.1, -0.05) is 42.5 Å². The van der Waals surface area contributed by atoms with Crippen LogP contribution in [0.5, 0.6) is 5.75 Å². The zero-order valence-corrected chi connectivity index (χ0v) is 13.5. The van der Waals surface area contributed by atoms with Crippen LogP contribution in [0.1, 0.15) is 24.5 Å². The Bertz CT molecular complexity index is 807. The normalized spacial score (nSPS) is 13.8. The van der Waals surface area contributed by atoms with Gasteiger partial charge in [0.25, 0.3) is 0 Å². The van der Waals surface area contributed by atoms with E-state index in [2.05, 4.69) is 19.1 Å². The Balaban J connectivity index is 1.67. The van der Waals surface area contributed by atoms with Crippen LogP contribution in [0.3, 0.4) is 0 Å². The lowest BCUT2D eigenvalue weighted by Crippen LogP contribution is -2.02. The van der Waals surface area contributed by atoms with Crippen molar-refractivity contribution in [3.8, 4) is 5.75 Å². The van der Waals surface area contributed by atoms with E-state index in [0.717, 1.165) is 29.0 Å². The van der Waals surface area contributed by atoms with E-state index in [1.54, 1.807) is 12.1 Å². The van der Waals surface area contributed by atoms with Crippen LogP contribution in [0.2, 0.25) is 0 Å². The average Bonchev–Trinajstić information content (AvgIpc) is 2.94. The Labute approximate surface area is 141 Å². The van der Waals surface area contributed by atoms with Gasteiger partial charge in [-0.15, -0.1) is 0 Å². The van der Waals surface area contributed by atoms with Gasteiger partial charge in [0.15, 0.2) is 0 Å². The van der Waals surface area contributed by atoms with E-state index in [9.17, 15) is 4.79 Å². The van der Waals surface area contributed by atoms with Crippen LogP contribution >= 0.6 is 0 Å². The van der Waals surface area contributed by atoms with Crippen LogP contribution in [0.4, 0.5) is 0 Å². The summed E-state index contributed by atoms with van der Waals surface area (Å²) in [7, 11) is 0. The van der Waals surface area contributed by atoms with E-state index in [4.69, 9.17) is 14.8 Å². The van der Waals surface area contributed by atoms with Crippen molar-refractivity contribution in [3.05, 3.63) is 77.0 Å². The summed E-state index contributed by atoms with van der Waals surface area (Å²) in [5.74, 6) is -0.184. The molecule has 0 fully saturated rings. The van der Waals surface area contributed by atoms with Crippen LogP contribution in [0.15, 0.2) is 70.9 Å². The number of carboxylic acid groups (broad SMARTS) is 1. The molecule has 0 amide bonds. The van der Waals surface area contributed by atoms with Crippen LogP contribution in [-0.4, -0.2) is 23.4 Å². The summed E-state index contributed by atoms with van der Waals surface area (Å²) in [6.45, 7) is 2.46. The summed E-state index contributed by atoms with van der Waals surface area (Å²) in [4.78, 5) is 15.5. The summed E-state index contributed by atoms with van der Waals surface area (Å²) in [6, 6.07) is 17.3. The molecular formula is C20H19NO3. The zero-order chi connectivity index (χ0) is 16.9. The monoisotopic (exact) mass is 321 g/mol. The van der Waals surface area contributed by atoms with E-state index in [-0.39, 0.29) is 6.42 Å². The highest BCUT2D eigenvalue weighted by Crippen LogP contribution is 2.24. The van der Waals surface area contributed by atoms with Crippen molar-refractivity contribution < 1.29 is 14.6 Å². The van der Waals surface area contributed by atoms with E-state index in [1.807, 2.05) is 30.3 Å². The Kier molecular flexibility index (Phi) is 4.75. The number of aliphatic imine (C=N–C) groups is 1. The molecule has 0 aliphatic carbocycles. The minimum atomic E-state index is -0.849. The third-order valence-electron chi connectivity index (χ3n) is 3.93. The van der Waals surface area contributed by atoms with E-state index < -0.39 is 5.97 Å². The van der Waals surface area contributed by atoms with Gasteiger partial charge in [0.05, 0.1) is 17.8 Å². The Morgan fingerprint density at radius 3 is 2.71 bits per heavy atom. The maximum atomic E-state index is 10.8. The van der Waals surface area contributed by atoms with Crippen molar-refractivity contribution in [2.45, 2.75) is 19.8 Å². The van der Waals surface area contributed by atoms with Crippen molar-refractivity contribution >= 4 is 11.7 Å². The molecule has 0 radical (unpaired) electrons. The topological polar surface area (TPSA) is 58.9 Å². The molecule has 3 rings (SSSR count). The molecule has 0 atom stereocenters. The third-order valence-corrected chi connectivity index (χ3v) is 3.93. The smallest absolute Gasteiger partial charge is 0.307 e. The molecule has 1 aliphatic heterocycles. The van der Waals surface area contributed by atoms with E-state index >= 15 is 0 Å². The van der Waals surface area contributed by atoms with Crippen molar-refractivity contribution in [1.29, 1.82) is 0 Å². The van der Waals surface area contributed by atoms with Crippen molar-refractivity contribution in [1.82, 2.24) is 0 Å². The average molecular weight is 321 g/mol. The van der Waals surface area contributed by atoms with Gasteiger partial charge >= 0.3 is 5.97 Å². The van der Waals surface area contributed by atoms with Gasteiger partial charge in [-0.05, 0) is 35.8 Å². The number of rotatable bonds is 6. The fourth-order valence-electron chi connectivity index (χ4n) is 2.68. The lowest BCUT2D eigenvalue weighted by atomic mass is 10.1. The second-order valence-corrected chi connectivity index (χ2v) is 5.83. The minimum absolute atomic E-state index is 0.00473. The first-order chi connectivity index (χ1) is 11.6. The molecule has 0 spiro atoms. The maximum absolute atomic E-state index is 10.8. The third kappa shape index (κ3) is 3.90. The highest BCUT2D eigenvalue weighted by atomic mass is 16.5. The molecule has 24 heavy (non-hydrogen) atoms. The number of carboxylic acids is 1. The first-order valence-corrected chi connectivity index (χ1v) is 7.87. The standard InChI is InChI=1S/C20H19NO3/c1-14-10-18(16-7-3-2-4-8-16)21-19(14)13-24-17-9-5-6-15(11-17)12-20(22)23/h2-9,11H,10,12-13H2,1H3,(H,22,23). The number of carbonyl (C=O) groups is 1. The molecule has 0 aromatic heterocycles. The van der Waals surface area contributed by atoms with Gasteiger partial charge < -0.3 is 9.84 Å². The van der Waals surface area contributed by atoms with Crippen LogP contribution < -0.4 is 4.74 Å². The van der Waals surface area contributed by atoms with Crippen molar-refractivity contribution in [2.24, 2.45) is 4.99 Å². The summed E-state index contributed by atoms with van der Waals surface area (Å²) in [5.41, 5.74) is 5.07. The Morgan fingerprint density at radius 2 is 1.96 bits per heavy atom. The fourth-order valence-corrected chi connectivity index (χ4v) is 2.68. The number of benzene rings is 2. The van der Waals surface area contributed by atoms with Crippen LogP contribution in [0.25, 0.3) is 0 Å². The molecule has 1 N–H and O–H groups in total. The van der Waals surface area contributed by atoms with Gasteiger partial charge in [-0.2, -0.15) is 0 Å². The maximum Gasteiger partial charge on any atom is 0.307 e. The quantitative estimate of drug-likeness (QED) is 0.879. The predicted octanol–water partition coefficient (Wildman–Crippen LogP) is 3.86. The van der Waals surface area contributed by atoms with Gasteiger partial charge in [0.2, 0.25) is 0 Å². The first-order valence-electron chi connectivity index (χ1n) is 7.87. The zero-order valence-electron chi connectivity index (χ0n) is 13.5. The molecule has 0 saturated heterocycles. The number of nitrogens with zero attached hydrogens (tertiary/aromatic N) is 1. The second-order valence-electron chi connectivity index (χ2n) is 5.83. The number of hydrogen-bond donors (Lipinski definition) is 1. The number of ether oxygens (including phenoxy) is 1. The van der Waals surface area contributed by atoms with Gasteiger partial charge in [-0.3, -0.25) is 9.79 Å². The summed E-state index contributed by atoms with van der Waals surface area (Å²) >= 11 is 0. The highest BCUT2D eigenvalue weighted by molar-refractivity contribution is 6.04. The molecule has 0 unspecified atom stereocenters. The molecule has 0 bridgehead atoms.